The summed E-state index contributed by atoms with van der Waals surface area (Å²) >= 11 is 1.52. The molecule has 1 fully saturated rings. The maximum atomic E-state index is 4.79. The molecule has 0 amide bonds. The largest absolute Gasteiger partial charge is 0.313 e. The van der Waals surface area contributed by atoms with Crippen LogP contribution in [0.3, 0.4) is 0 Å². The highest BCUT2D eigenvalue weighted by Gasteiger charge is 2.27. The summed E-state index contributed by atoms with van der Waals surface area (Å²) in [4.78, 5) is 11.7. The van der Waals surface area contributed by atoms with E-state index in [9.17, 15) is 0 Å². The molecule has 6 nitrogen and oxygen atoms in total. The Bertz CT molecular complexity index is 850. The van der Waals surface area contributed by atoms with Crippen LogP contribution in [0.1, 0.15) is 35.1 Å². The summed E-state index contributed by atoms with van der Waals surface area (Å²) in [6.45, 7) is 4.10. The summed E-state index contributed by atoms with van der Waals surface area (Å²) in [5.41, 5.74) is 2.41. The van der Waals surface area contributed by atoms with Crippen LogP contribution >= 0.6 is 11.3 Å². The number of hydrogen-bond donors (Lipinski definition) is 1. The fourth-order valence-electron chi connectivity index (χ4n) is 3.40. The number of aromatic nitrogens is 4. The van der Waals surface area contributed by atoms with Crippen molar-refractivity contribution in [3.63, 3.8) is 0 Å². The van der Waals surface area contributed by atoms with Gasteiger partial charge in [-0.1, -0.05) is 41.7 Å². The van der Waals surface area contributed by atoms with Crippen LogP contribution in [0.15, 0.2) is 42.7 Å². The zero-order valence-electron chi connectivity index (χ0n) is 14.8. The van der Waals surface area contributed by atoms with Crippen molar-refractivity contribution >= 4 is 22.3 Å². The van der Waals surface area contributed by atoms with Gasteiger partial charge in [0.2, 0.25) is 5.13 Å². The Morgan fingerprint density at radius 1 is 1.19 bits per heavy atom. The van der Waals surface area contributed by atoms with Gasteiger partial charge in [-0.2, -0.15) is 0 Å². The highest BCUT2D eigenvalue weighted by molar-refractivity contribution is 7.15. The Kier molecular flexibility index (Phi) is 5.17. The molecule has 0 unspecified atom stereocenters. The topological polar surface area (TPSA) is 66.8 Å². The molecule has 7 heteroatoms. The average molecular weight is 366 g/mol. The molecule has 2 aromatic heterocycles. The van der Waals surface area contributed by atoms with E-state index in [0.717, 1.165) is 47.6 Å². The second kappa shape index (κ2) is 7.88. The minimum Gasteiger partial charge on any atom is -0.313 e. The molecule has 1 atom stereocenters. The molecule has 1 saturated heterocycles. The molecule has 1 N–H and O–H groups in total. The van der Waals surface area contributed by atoms with Crippen molar-refractivity contribution in [2.24, 2.45) is 0 Å². The predicted octanol–water partition coefficient (Wildman–Crippen LogP) is 3.76. The van der Waals surface area contributed by atoms with Gasteiger partial charge in [0.25, 0.3) is 0 Å². The minimum absolute atomic E-state index is 0.337. The molecule has 1 aliphatic heterocycles. The van der Waals surface area contributed by atoms with Crippen molar-refractivity contribution in [1.82, 2.24) is 25.1 Å². The number of rotatable bonds is 6. The van der Waals surface area contributed by atoms with Crippen LogP contribution in [0.4, 0.5) is 10.9 Å². The van der Waals surface area contributed by atoms with Crippen molar-refractivity contribution in [3.8, 4) is 0 Å². The zero-order valence-corrected chi connectivity index (χ0v) is 15.6. The van der Waals surface area contributed by atoms with Gasteiger partial charge in [0, 0.05) is 6.54 Å². The SMILES string of the molecule is Cc1nnc(Nc2cncc([C@H]3CCCN3CCc3ccccc3)n2)s1. The maximum Gasteiger partial charge on any atom is 0.211 e. The lowest BCUT2D eigenvalue weighted by atomic mass is 10.1. The standard InChI is InChI=1S/C19H22N6S/c1-14-23-24-19(26-14)22-18-13-20-12-16(21-18)17-8-5-10-25(17)11-9-15-6-3-2-4-7-15/h2-4,6-7,12-13,17H,5,8-11H2,1H3,(H,21,22,24)/t17-/m1/s1. The molecule has 0 spiro atoms. The third-order valence-electron chi connectivity index (χ3n) is 4.65. The van der Waals surface area contributed by atoms with Crippen molar-refractivity contribution in [2.45, 2.75) is 32.2 Å². The van der Waals surface area contributed by atoms with E-state index in [2.05, 4.69) is 55.7 Å². The van der Waals surface area contributed by atoms with E-state index in [1.54, 1.807) is 6.20 Å². The Morgan fingerprint density at radius 2 is 2.08 bits per heavy atom. The quantitative estimate of drug-likeness (QED) is 0.716. The van der Waals surface area contributed by atoms with E-state index < -0.39 is 0 Å². The first-order valence-electron chi connectivity index (χ1n) is 8.95. The lowest BCUT2D eigenvalue weighted by Crippen LogP contribution is -2.26. The van der Waals surface area contributed by atoms with Crippen molar-refractivity contribution < 1.29 is 0 Å². The van der Waals surface area contributed by atoms with Crippen molar-refractivity contribution in [1.29, 1.82) is 0 Å². The lowest BCUT2D eigenvalue weighted by Gasteiger charge is -2.24. The molecular weight excluding hydrogens is 344 g/mol. The monoisotopic (exact) mass is 366 g/mol. The number of likely N-dealkylation sites (tertiary alicyclic amines) is 1. The van der Waals surface area contributed by atoms with E-state index in [-0.39, 0.29) is 0 Å². The molecule has 3 aromatic rings. The van der Waals surface area contributed by atoms with Crippen LogP contribution < -0.4 is 5.32 Å². The Morgan fingerprint density at radius 3 is 2.88 bits per heavy atom. The molecule has 26 heavy (non-hydrogen) atoms. The summed E-state index contributed by atoms with van der Waals surface area (Å²) in [6.07, 6.45) is 7.03. The van der Waals surface area contributed by atoms with Crippen molar-refractivity contribution in [3.05, 3.63) is 59.0 Å². The third kappa shape index (κ3) is 4.05. The second-order valence-electron chi connectivity index (χ2n) is 6.51. The maximum absolute atomic E-state index is 4.79. The van der Waals surface area contributed by atoms with Gasteiger partial charge in [0.1, 0.15) is 5.01 Å². The third-order valence-corrected chi connectivity index (χ3v) is 5.40. The highest BCUT2D eigenvalue weighted by atomic mass is 32.1. The molecule has 1 aliphatic rings. The van der Waals surface area contributed by atoms with E-state index in [1.165, 1.54) is 23.3 Å². The summed E-state index contributed by atoms with van der Waals surface area (Å²) < 4.78 is 0. The van der Waals surface area contributed by atoms with Gasteiger partial charge in [0.15, 0.2) is 5.82 Å². The molecule has 0 radical (unpaired) electrons. The zero-order chi connectivity index (χ0) is 17.8. The smallest absolute Gasteiger partial charge is 0.211 e. The molecule has 134 valence electrons. The van der Waals surface area contributed by atoms with Gasteiger partial charge in [-0.25, -0.2) is 4.98 Å². The number of anilines is 2. The number of hydrogen-bond acceptors (Lipinski definition) is 7. The minimum atomic E-state index is 0.337. The Labute approximate surface area is 157 Å². The molecule has 0 saturated carbocycles. The Balaban J connectivity index is 1.44. The number of nitrogens with zero attached hydrogens (tertiary/aromatic N) is 5. The predicted molar refractivity (Wildman–Crippen MR) is 104 cm³/mol. The lowest BCUT2D eigenvalue weighted by molar-refractivity contribution is 0.256. The first-order chi connectivity index (χ1) is 12.8. The molecular formula is C19H22N6S. The molecule has 4 rings (SSSR count). The normalized spacial score (nSPS) is 17.5. The summed E-state index contributed by atoms with van der Waals surface area (Å²) in [5.74, 6) is 0.730. The van der Waals surface area contributed by atoms with Gasteiger partial charge < -0.3 is 5.32 Å². The fraction of sp³-hybridized carbons (Fsp3) is 0.368. The van der Waals surface area contributed by atoms with Gasteiger partial charge >= 0.3 is 0 Å². The molecule has 0 bridgehead atoms. The number of nitrogens with one attached hydrogen (secondary N) is 1. The summed E-state index contributed by atoms with van der Waals surface area (Å²) in [7, 11) is 0. The van der Waals surface area contributed by atoms with Gasteiger partial charge in [-0.3, -0.25) is 9.88 Å². The molecule has 0 aliphatic carbocycles. The van der Waals surface area contributed by atoms with Gasteiger partial charge in [0.05, 0.1) is 24.1 Å². The van der Waals surface area contributed by atoms with Crippen LogP contribution in [-0.4, -0.2) is 38.2 Å². The summed E-state index contributed by atoms with van der Waals surface area (Å²) in [5, 5.41) is 13.0. The second-order valence-corrected chi connectivity index (χ2v) is 7.69. The van der Waals surface area contributed by atoms with Crippen LogP contribution in [-0.2, 0) is 6.42 Å². The van der Waals surface area contributed by atoms with Crippen LogP contribution in [0.2, 0.25) is 0 Å². The van der Waals surface area contributed by atoms with Crippen molar-refractivity contribution in [2.75, 3.05) is 18.4 Å². The van der Waals surface area contributed by atoms with Crippen LogP contribution in [0.25, 0.3) is 0 Å². The van der Waals surface area contributed by atoms with Gasteiger partial charge in [-0.05, 0) is 38.3 Å². The molecule has 1 aromatic carbocycles. The number of aryl methyl sites for hydroxylation is 1. The van der Waals surface area contributed by atoms with E-state index >= 15 is 0 Å². The first-order valence-corrected chi connectivity index (χ1v) is 9.76. The fourth-order valence-corrected chi connectivity index (χ4v) is 4.00. The van der Waals surface area contributed by atoms with E-state index in [1.807, 2.05) is 13.1 Å². The molecule has 3 heterocycles. The highest BCUT2D eigenvalue weighted by Crippen LogP contribution is 2.31. The van der Waals surface area contributed by atoms with E-state index in [4.69, 9.17) is 4.98 Å². The van der Waals surface area contributed by atoms with Crippen LogP contribution in [0.5, 0.6) is 0 Å². The van der Waals surface area contributed by atoms with Crippen LogP contribution in [0, 0.1) is 6.92 Å². The van der Waals surface area contributed by atoms with Gasteiger partial charge in [-0.15, -0.1) is 10.2 Å². The summed E-state index contributed by atoms with van der Waals surface area (Å²) in [6, 6.07) is 11.0. The van der Waals surface area contributed by atoms with E-state index in [0.29, 0.717) is 6.04 Å². The first kappa shape index (κ1) is 17.1. The average Bonchev–Trinajstić information content (AvgIpc) is 3.30. The number of benzene rings is 1. The Hall–Kier alpha value is -2.38.